The van der Waals surface area contributed by atoms with Crippen LogP contribution in [0.1, 0.15) is 22.9 Å². The topological polar surface area (TPSA) is 97.8 Å². The maximum absolute atomic E-state index is 12.9. The summed E-state index contributed by atoms with van der Waals surface area (Å²) in [7, 11) is 0. The van der Waals surface area contributed by atoms with Gasteiger partial charge in [-0.05, 0) is 63.2 Å². The molecular formula is C30H31N3O5. The number of anilines is 1. The number of nitrogens with two attached hydrogens (primary N) is 1. The van der Waals surface area contributed by atoms with E-state index in [2.05, 4.69) is 4.98 Å². The first-order valence-corrected chi connectivity index (χ1v) is 12.5. The number of aromatic nitrogens is 2. The molecule has 0 bridgehead atoms. The van der Waals surface area contributed by atoms with Crippen molar-refractivity contribution >= 4 is 5.82 Å². The van der Waals surface area contributed by atoms with Gasteiger partial charge in [0, 0.05) is 6.20 Å². The highest BCUT2D eigenvalue weighted by atomic mass is 16.6. The minimum atomic E-state index is -0.834. The highest BCUT2D eigenvalue weighted by Crippen LogP contribution is 2.35. The second kappa shape index (κ2) is 11.0. The Hall–Kier alpha value is -4.30. The zero-order valence-electron chi connectivity index (χ0n) is 21.6. The Balaban J connectivity index is 1.51. The molecule has 0 saturated carbocycles. The van der Waals surface area contributed by atoms with Gasteiger partial charge >= 0.3 is 5.69 Å². The van der Waals surface area contributed by atoms with Crippen LogP contribution in [0, 0.1) is 20.8 Å². The predicted molar refractivity (Wildman–Crippen MR) is 145 cm³/mol. The molecule has 38 heavy (non-hydrogen) atoms. The van der Waals surface area contributed by atoms with Crippen molar-refractivity contribution in [3.05, 3.63) is 112 Å². The summed E-state index contributed by atoms with van der Waals surface area (Å²) >= 11 is 0. The molecule has 1 aliphatic heterocycles. The maximum atomic E-state index is 12.9. The van der Waals surface area contributed by atoms with Crippen LogP contribution in [-0.2, 0) is 4.74 Å². The third-order valence-electron chi connectivity index (χ3n) is 6.43. The second-order valence-corrected chi connectivity index (χ2v) is 9.52. The zero-order chi connectivity index (χ0) is 26.6. The van der Waals surface area contributed by atoms with Crippen molar-refractivity contribution < 1.29 is 18.9 Å². The molecule has 1 saturated heterocycles. The fourth-order valence-corrected chi connectivity index (χ4v) is 4.31. The van der Waals surface area contributed by atoms with Crippen LogP contribution in [0.4, 0.5) is 5.82 Å². The quantitative estimate of drug-likeness (QED) is 0.367. The number of nitrogens with zero attached hydrogens (tertiary/aromatic N) is 2. The van der Waals surface area contributed by atoms with E-state index >= 15 is 0 Å². The molecule has 1 aliphatic rings. The fourth-order valence-electron chi connectivity index (χ4n) is 4.31. The second-order valence-electron chi connectivity index (χ2n) is 9.52. The molecule has 0 radical (unpaired) electrons. The highest BCUT2D eigenvalue weighted by Gasteiger charge is 2.50. The summed E-state index contributed by atoms with van der Waals surface area (Å²) in [6, 6.07) is 24.8. The summed E-state index contributed by atoms with van der Waals surface area (Å²) in [5.41, 5.74) is 8.56. The molecule has 2 heterocycles. The molecule has 8 nitrogen and oxygen atoms in total. The Morgan fingerprint density at radius 1 is 0.763 bits per heavy atom. The van der Waals surface area contributed by atoms with E-state index in [1.54, 1.807) is 12.3 Å². The van der Waals surface area contributed by atoms with Crippen molar-refractivity contribution in [3.63, 3.8) is 0 Å². The average Bonchev–Trinajstić information content (AvgIpc) is 3.22. The lowest BCUT2D eigenvalue weighted by molar-refractivity contribution is -0.0474. The van der Waals surface area contributed by atoms with Crippen molar-refractivity contribution in [1.29, 1.82) is 0 Å². The van der Waals surface area contributed by atoms with Gasteiger partial charge in [0.25, 0.3) is 0 Å². The van der Waals surface area contributed by atoms with Gasteiger partial charge in [-0.3, -0.25) is 4.57 Å². The molecule has 4 atom stereocenters. The number of ether oxygens (including phenoxy) is 4. The lowest BCUT2D eigenvalue weighted by Crippen LogP contribution is -2.44. The van der Waals surface area contributed by atoms with Crippen molar-refractivity contribution in [3.8, 4) is 17.2 Å². The van der Waals surface area contributed by atoms with Crippen molar-refractivity contribution in [2.75, 3.05) is 12.3 Å². The Kier molecular flexibility index (Phi) is 7.33. The van der Waals surface area contributed by atoms with Gasteiger partial charge in [-0.25, -0.2) is 4.79 Å². The van der Waals surface area contributed by atoms with E-state index in [0.29, 0.717) is 17.2 Å². The number of hydrogen-bond donors (Lipinski definition) is 1. The monoisotopic (exact) mass is 513 g/mol. The predicted octanol–water partition coefficient (Wildman–Crippen LogP) is 4.62. The number of rotatable bonds is 8. The third kappa shape index (κ3) is 5.81. The summed E-state index contributed by atoms with van der Waals surface area (Å²) in [4.78, 5) is 16.7. The number of nitrogen functional groups attached to an aromatic ring is 1. The average molecular weight is 514 g/mol. The Morgan fingerprint density at radius 2 is 1.26 bits per heavy atom. The number of aryl methyl sites for hydroxylation is 3. The standard InChI is InChI=1S/C30H31N3O5/c1-19-4-10-22(11-5-19)35-18-25-27(36-23-12-6-20(2)7-13-23)28(37-24-14-8-21(3)9-15-24)29(38-25)33-17-16-26(31)32-30(33)34/h4-17,25,27-29H,18H2,1-3H3,(H2,31,32,34)/t25-,27-,28-,29-/m1/s1. The fraction of sp³-hybridized carbons (Fsp3) is 0.267. The molecular weight excluding hydrogens is 482 g/mol. The zero-order valence-corrected chi connectivity index (χ0v) is 21.6. The van der Waals surface area contributed by atoms with Crippen molar-refractivity contribution in [2.45, 2.75) is 45.3 Å². The first-order valence-electron chi connectivity index (χ1n) is 12.5. The molecule has 3 aromatic carbocycles. The molecule has 4 aromatic rings. The molecule has 0 spiro atoms. The van der Waals surface area contributed by atoms with E-state index in [9.17, 15) is 4.79 Å². The van der Waals surface area contributed by atoms with E-state index in [-0.39, 0.29) is 12.4 Å². The lowest BCUT2D eigenvalue weighted by Gasteiger charge is -2.26. The van der Waals surface area contributed by atoms with Crippen LogP contribution in [-0.4, -0.2) is 34.5 Å². The van der Waals surface area contributed by atoms with Gasteiger partial charge in [-0.1, -0.05) is 53.1 Å². The van der Waals surface area contributed by atoms with E-state index in [0.717, 1.165) is 16.7 Å². The summed E-state index contributed by atoms with van der Waals surface area (Å²) in [5, 5.41) is 0. The SMILES string of the molecule is Cc1ccc(OC[C@H]2O[C@@H](n3ccc(N)nc3=O)[C@H](Oc3ccc(C)cc3)[C@@H]2Oc2ccc(C)cc2)cc1. The van der Waals surface area contributed by atoms with Gasteiger partial charge in [-0.2, -0.15) is 4.98 Å². The van der Waals surface area contributed by atoms with Gasteiger partial charge in [0.2, 0.25) is 0 Å². The largest absolute Gasteiger partial charge is 0.491 e. The van der Waals surface area contributed by atoms with Crippen molar-refractivity contribution in [1.82, 2.24) is 9.55 Å². The summed E-state index contributed by atoms with van der Waals surface area (Å²) < 4.78 is 26.9. The number of hydrogen-bond acceptors (Lipinski definition) is 7. The van der Waals surface area contributed by atoms with Gasteiger partial charge < -0.3 is 24.7 Å². The minimum absolute atomic E-state index is 0.131. The van der Waals surface area contributed by atoms with Gasteiger partial charge in [0.15, 0.2) is 18.4 Å². The molecule has 5 rings (SSSR count). The van der Waals surface area contributed by atoms with Crippen LogP contribution in [0.5, 0.6) is 17.2 Å². The first-order chi connectivity index (χ1) is 18.4. The molecule has 1 aromatic heterocycles. The summed E-state index contributed by atoms with van der Waals surface area (Å²) in [5.74, 6) is 2.12. The molecule has 0 unspecified atom stereocenters. The molecule has 1 fully saturated rings. The molecule has 2 N–H and O–H groups in total. The molecule has 8 heteroatoms. The first kappa shape index (κ1) is 25.4. The summed E-state index contributed by atoms with van der Waals surface area (Å²) in [6.07, 6.45) is -1.15. The Labute approximate surface area is 221 Å². The number of benzene rings is 3. The smallest absolute Gasteiger partial charge is 0.351 e. The van der Waals surface area contributed by atoms with Crippen LogP contribution in [0.3, 0.4) is 0 Å². The third-order valence-corrected chi connectivity index (χ3v) is 6.43. The van der Waals surface area contributed by atoms with Gasteiger partial charge in [-0.15, -0.1) is 0 Å². The van der Waals surface area contributed by atoms with Crippen molar-refractivity contribution in [2.24, 2.45) is 0 Å². The van der Waals surface area contributed by atoms with E-state index in [1.807, 2.05) is 93.6 Å². The Morgan fingerprint density at radius 3 is 1.79 bits per heavy atom. The van der Waals surface area contributed by atoms with Crippen LogP contribution >= 0.6 is 0 Å². The minimum Gasteiger partial charge on any atom is -0.491 e. The van der Waals surface area contributed by atoms with Gasteiger partial charge in [0.05, 0.1) is 0 Å². The van der Waals surface area contributed by atoms with E-state index in [1.165, 1.54) is 4.57 Å². The lowest BCUT2D eigenvalue weighted by atomic mass is 10.1. The maximum Gasteiger partial charge on any atom is 0.351 e. The highest BCUT2D eigenvalue weighted by molar-refractivity contribution is 5.30. The van der Waals surface area contributed by atoms with Crippen LogP contribution in [0.15, 0.2) is 89.9 Å². The van der Waals surface area contributed by atoms with Crippen LogP contribution in [0.25, 0.3) is 0 Å². The molecule has 0 amide bonds. The van der Waals surface area contributed by atoms with Crippen LogP contribution in [0.2, 0.25) is 0 Å². The van der Waals surface area contributed by atoms with Crippen LogP contribution < -0.4 is 25.6 Å². The normalized spacial score (nSPS) is 20.7. The molecule has 0 aliphatic carbocycles. The van der Waals surface area contributed by atoms with Gasteiger partial charge in [0.1, 0.15) is 35.8 Å². The van der Waals surface area contributed by atoms with E-state index in [4.69, 9.17) is 24.7 Å². The summed E-state index contributed by atoms with van der Waals surface area (Å²) in [6.45, 7) is 6.22. The molecule has 196 valence electrons. The Bertz CT molecular complexity index is 1420. The van der Waals surface area contributed by atoms with E-state index < -0.39 is 30.2 Å².